The van der Waals surface area contributed by atoms with Crippen molar-refractivity contribution in [2.24, 2.45) is 0 Å². The Kier molecular flexibility index (Phi) is 4.14. The maximum atomic E-state index is 12.1. The van der Waals surface area contributed by atoms with E-state index in [2.05, 4.69) is 10.3 Å². The number of rotatable bonds is 5. The number of methoxy groups -OCH3 is 1. The predicted octanol–water partition coefficient (Wildman–Crippen LogP) is 1.77. The first-order valence-electron chi connectivity index (χ1n) is 7.29. The van der Waals surface area contributed by atoms with Gasteiger partial charge in [0.15, 0.2) is 0 Å². The summed E-state index contributed by atoms with van der Waals surface area (Å²) >= 11 is 0. The number of aromatic nitrogens is 2. The summed E-state index contributed by atoms with van der Waals surface area (Å²) < 4.78 is 6.72. The topological polar surface area (TPSA) is 76.1 Å². The van der Waals surface area contributed by atoms with Crippen molar-refractivity contribution in [3.05, 3.63) is 64.6 Å². The van der Waals surface area contributed by atoms with Gasteiger partial charge in [0.2, 0.25) is 0 Å². The molecule has 0 radical (unpaired) electrons. The van der Waals surface area contributed by atoms with Crippen molar-refractivity contribution < 1.29 is 9.53 Å². The molecule has 6 nitrogen and oxygen atoms in total. The van der Waals surface area contributed by atoms with Gasteiger partial charge in [-0.3, -0.25) is 9.36 Å². The van der Waals surface area contributed by atoms with Gasteiger partial charge >= 0.3 is 5.69 Å². The molecule has 23 heavy (non-hydrogen) atoms. The molecule has 2 aromatic carbocycles. The standard InChI is InChI=1S/C17H17N3O3/c1-23-13-6-4-5-12(11-13)16(21)18-9-10-20-15-8-3-2-7-14(15)19-17(20)22/h2-8,11H,9-10H2,1H3,(H,18,21)(H,19,22). The molecule has 0 saturated carbocycles. The molecule has 2 N–H and O–H groups in total. The molecule has 0 aliphatic heterocycles. The fraction of sp³-hybridized carbons (Fsp3) is 0.176. The Morgan fingerprint density at radius 1 is 1.22 bits per heavy atom. The molecule has 1 aromatic heterocycles. The first-order chi connectivity index (χ1) is 11.2. The van der Waals surface area contributed by atoms with Crippen LogP contribution in [0.15, 0.2) is 53.3 Å². The highest BCUT2D eigenvalue weighted by Crippen LogP contribution is 2.12. The van der Waals surface area contributed by atoms with Crippen molar-refractivity contribution in [1.82, 2.24) is 14.9 Å². The molecular weight excluding hydrogens is 294 g/mol. The van der Waals surface area contributed by atoms with E-state index in [0.717, 1.165) is 11.0 Å². The van der Waals surface area contributed by atoms with Gasteiger partial charge in [0.1, 0.15) is 5.75 Å². The summed E-state index contributed by atoms with van der Waals surface area (Å²) in [7, 11) is 1.56. The SMILES string of the molecule is COc1cccc(C(=O)NCCn2c(=O)[nH]c3ccccc32)c1. The minimum atomic E-state index is -0.197. The molecule has 0 unspecified atom stereocenters. The van der Waals surface area contributed by atoms with Crippen molar-refractivity contribution in [2.75, 3.05) is 13.7 Å². The van der Waals surface area contributed by atoms with Crippen LogP contribution < -0.4 is 15.7 Å². The van der Waals surface area contributed by atoms with Crippen LogP contribution in [0, 0.1) is 0 Å². The fourth-order valence-electron chi connectivity index (χ4n) is 2.48. The molecule has 0 aliphatic rings. The Hall–Kier alpha value is -3.02. The monoisotopic (exact) mass is 311 g/mol. The summed E-state index contributed by atoms with van der Waals surface area (Å²) in [6.45, 7) is 0.760. The lowest BCUT2D eigenvalue weighted by molar-refractivity contribution is 0.0952. The Bertz CT molecular complexity index is 895. The van der Waals surface area contributed by atoms with Crippen LogP contribution in [0.2, 0.25) is 0 Å². The van der Waals surface area contributed by atoms with Crippen LogP contribution in [0.25, 0.3) is 11.0 Å². The van der Waals surface area contributed by atoms with Gasteiger partial charge in [-0.05, 0) is 30.3 Å². The number of hydrogen-bond acceptors (Lipinski definition) is 3. The smallest absolute Gasteiger partial charge is 0.326 e. The highest BCUT2D eigenvalue weighted by atomic mass is 16.5. The number of amides is 1. The number of H-pyrrole nitrogens is 1. The van der Waals surface area contributed by atoms with Crippen LogP contribution in [0.3, 0.4) is 0 Å². The largest absolute Gasteiger partial charge is 0.497 e. The van der Waals surface area contributed by atoms with Crippen LogP contribution in [0.5, 0.6) is 5.75 Å². The van der Waals surface area contributed by atoms with Crippen molar-refractivity contribution in [3.8, 4) is 5.75 Å². The highest BCUT2D eigenvalue weighted by Gasteiger charge is 2.08. The normalized spacial score (nSPS) is 10.7. The molecule has 0 fully saturated rings. The number of imidazole rings is 1. The molecule has 3 aromatic rings. The van der Waals surface area contributed by atoms with Crippen LogP contribution in [-0.4, -0.2) is 29.1 Å². The van der Waals surface area contributed by atoms with Gasteiger partial charge < -0.3 is 15.0 Å². The second-order valence-electron chi connectivity index (χ2n) is 5.09. The Balaban J connectivity index is 1.67. The van der Waals surface area contributed by atoms with E-state index in [0.29, 0.717) is 24.4 Å². The minimum Gasteiger partial charge on any atom is -0.497 e. The third-order valence-electron chi connectivity index (χ3n) is 3.63. The number of fused-ring (bicyclic) bond motifs is 1. The molecule has 0 atom stereocenters. The van der Waals surface area contributed by atoms with E-state index < -0.39 is 0 Å². The number of carbonyl (C=O) groups excluding carboxylic acids is 1. The van der Waals surface area contributed by atoms with Crippen LogP contribution in [0.4, 0.5) is 0 Å². The molecule has 118 valence electrons. The maximum absolute atomic E-state index is 12.1. The first-order valence-corrected chi connectivity index (χ1v) is 7.29. The Morgan fingerprint density at radius 2 is 2.04 bits per heavy atom. The molecule has 6 heteroatoms. The second-order valence-corrected chi connectivity index (χ2v) is 5.09. The average molecular weight is 311 g/mol. The zero-order valence-electron chi connectivity index (χ0n) is 12.7. The number of aromatic amines is 1. The van der Waals surface area contributed by atoms with Crippen molar-refractivity contribution >= 4 is 16.9 Å². The Labute approximate surface area is 132 Å². The molecule has 1 amide bonds. The number of ether oxygens (including phenoxy) is 1. The second kappa shape index (κ2) is 6.39. The van der Waals surface area contributed by atoms with Gasteiger partial charge in [-0.2, -0.15) is 0 Å². The molecule has 0 spiro atoms. The molecular formula is C17H17N3O3. The summed E-state index contributed by atoms with van der Waals surface area (Å²) in [5, 5.41) is 2.81. The third kappa shape index (κ3) is 3.11. The molecule has 0 aliphatic carbocycles. The lowest BCUT2D eigenvalue weighted by atomic mass is 10.2. The molecule has 3 rings (SSSR count). The third-order valence-corrected chi connectivity index (χ3v) is 3.63. The lowest BCUT2D eigenvalue weighted by Crippen LogP contribution is -2.30. The number of para-hydroxylation sites is 2. The molecule has 1 heterocycles. The average Bonchev–Trinajstić information content (AvgIpc) is 2.90. The maximum Gasteiger partial charge on any atom is 0.326 e. The van der Waals surface area contributed by atoms with Gasteiger partial charge in [0.25, 0.3) is 5.91 Å². The summed E-state index contributed by atoms with van der Waals surface area (Å²) in [4.78, 5) is 26.9. The zero-order valence-corrected chi connectivity index (χ0v) is 12.7. The Morgan fingerprint density at radius 3 is 2.87 bits per heavy atom. The van der Waals surface area contributed by atoms with E-state index in [-0.39, 0.29) is 11.6 Å². The van der Waals surface area contributed by atoms with E-state index in [9.17, 15) is 9.59 Å². The van der Waals surface area contributed by atoms with Gasteiger partial charge in [0, 0.05) is 18.7 Å². The van der Waals surface area contributed by atoms with E-state index in [1.54, 1.807) is 35.9 Å². The van der Waals surface area contributed by atoms with Gasteiger partial charge in [0.05, 0.1) is 18.1 Å². The number of hydrogen-bond donors (Lipinski definition) is 2. The summed E-state index contributed by atoms with van der Waals surface area (Å²) in [5.74, 6) is 0.433. The van der Waals surface area contributed by atoms with Crippen molar-refractivity contribution in [1.29, 1.82) is 0 Å². The van der Waals surface area contributed by atoms with Crippen molar-refractivity contribution in [3.63, 3.8) is 0 Å². The van der Waals surface area contributed by atoms with Crippen LogP contribution in [-0.2, 0) is 6.54 Å². The highest BCUT2D eigenvalue weighted by molar-refractivity contribution is 5.94. The number of benzene rings is 2. The summed E-state index contributed by atoms with van der Waals surface area (Å²) in [5.41, 5.74) is 1.96. The van der Waals surface area contributed by atoms with Gasteiger partial charge in [-0.25, -0.2) is 4.79 Å². The summed E-state index contributed by atoms with van der Waals surface area (Å²) in [6, 6.07) is 14.4. The van der Waals surface area contributed by atoms with E-state index in [4.69, 9.17) is 4.74 Å². The van der Waals surface area contributed by atoms with Crippen LogP contribution >= 0.6 is 0 Å². The number of nitrogens with one attached hydrogen (secondary N) is 2. The molecule has 0 bridgehead atoms. The zero-order chi connectivity index (χ0) is 16.2. The summed E-state index contributed by atoms with van der Waals surface area (Å²) in [6.07, 6.45) is 0. The lowest BCUT2D eigenvalue weighted by Gasteiger charge is -2.07. The van der Waals surface area contributed by atoms with Gasteiger partial charge in [-0.1, -0.05) is 18.2 Å². The fourth-order valence-corrected chi connectivity index (χ4v) is 2.48. The van der Waals surface area contributed by atoms with E-state index >= 15 is 0 Å². The van der Waals surface area contributed by atoms with E-state index in [1.807, 2.05) is 24.3 Å². The van der Waals surface area contributed by atoms with Crippen LogP contribution in [0.1, 0.15) is 10.4 Å². The van der Waals surface area contributed by atoms with Crippen molar-refractivity contribution in [2.45, 2.75) is 6.54 Å². The number of carbonyl (C=O) groups is 1. The number of nitrogens with zero attached hydrogens (tertiary/aromatic N) is 1. The van der Waals surface area contributed by atoms with E-state index in [1.165, 1.54) is 0 Å². The quantitative estimate of drug-likeness (QED) is 0.754. The molecule has 0 saturated heterocycles. The predicted molar refractivity (Wildman–Crippen MR) is 87.9 cm³/mol. The first kappa shape index (κ1) is 14.9. The van der Waals surface area contributed by atoms with Gasteiger partial charge in [-0.15, -0.1) is 0 Å². The minimum absolute atomic E-state index is 0.179.